The largest absolute Gasteiger partial charge is 0.372 e. The van der Waals surface area contributed by atoms with Crippen molar-refractivity contribution in [2.45, 2.75) is 39.0 Å². The van der Waals surface area contributed by atoms with Crippen molar-refractivity contribution < 1.29 is 9.59 Å². The molecule has 0 radical (unpaired) electrons. The Morgan fingerprint density at radius 2 is 1.55 bits per heavy atom. The number of hydrogen-bond acceptors (Lipinski definition) is 5. The molecule has 5 nitrogen and oxygen atoms in total. The van der Waals surface area contributed by atoms with E-state index in [-0.39, 0.29) is 11.8 Å². The van der Waals surface area contributed by atoms with Crippen LogP contribution < -0.4 is 9.80 Å². The molecule has 3 aliphatic heterocycles. The first-order chi connectivity index (χ1) is 15.1. The molecule has 2 aromatic rings. The van der Waals surface area contributed by atoms with Crippen molar-refractivity contribution in [3.05, 3.63) is 52.4 Å². The Morgan fingerprint density at radius 1 is 0.839 bits per heavy atom. The number of likely N-dealkylation sites (tertiary alicyclic amines) is 1. The zero-order valence-electron chi connectivity index (χ0n) is 18.0. The molecule has 1 atom stereocenters. The number of rotatable bonds is 4. The van der Waals surface area contributed by atoms with Gasteiger partial charge in [0.25, 0.3) is 11.8 Å². The summed E-state index contributed by atoms with van der Waals surface area (Å²) in [6.07, 6.45) is 5.95. The van der Waals surface area contributed by atoms with Crippen LogP contribution in [-0.4, -0.2) is 42.9 Å². The molecule has 3 aliphatic rings. The Hall–Kier alpha value is -2.60. The third kappa shape index (κ3) is 3.78. The van der Waals surface area contributed by atoms with E-state index < -0.39 is 0 Å². The molecule has 2 fully saturated rings. The van der Waals surface area contributed by atoms with Crippen molar-refractivity contribution in [1.29, 1.82) is 0 Å². The summed E-state index contributed by atoms with van der Waals surface area (Å²) in [7, 11) is 0. The fourth-order valence-electron chi connectivity index (χ4n) is 5.05. The highest BCUT2D eigenvalue weighted by Gasteiger charge is 2.43. The van der Waals surface area contributed by atoms with Gasteiger partial charge in [-0.2, -0.15) is 0 Å². The molecule has 0 bridgehead atoms. The van der Waals surface area contributed by atoms with Crippen molar-refractivity contribution in [3.63, 3.8) is 0 Å². The molecular weight excluding hydrogens is 406 g/mol. The maximum atomic E-state index is 13.6. The highest BCUT2D eigenvalue weighted by Crippen LogP contribution is 2.38. The van der Waals surface area contributed by atoms with Gasteiger partial charge in [-0.3, -0.25) is 9.59 Å². The van der Waals surface area contributed by atoms with Gasteiger partial charge in [0.2, 0.25) is 0 Å². The number of anilines is 2. The summed E-state index contributed by atoms with van der Waals surface area (Å²) in [5.41, 5.74) is 2.97. The van der Waals surface area contributed by atoms with E-state index in [0.29, 0.717) is 22.9 Å². The van der Waals surface area contributed by atoms with Gasteiger partial charge in [-0.1, -0.05) is 13.0 Å². The zero-order valence-corrected chi connectivity index (χ0v) is 18.9. The summed E-state index contributed by atoms with van der Waals surface area (Å²) < 4.78 is 0. The van der Waals surface area contributed by atoms with Gasteiger partial charge < -0.3 is 9.80 Å². The van der Waals surface area contributed by atoms with Gasteiger partial charge in [0.1, 0.15) is 5.70 Å². The lowest BCUT2D eigenvalue weighted by molar-refractivity contribution is -0.120. The molecule has 1 aromatic carbocycles. The number of piperidine rings is 2. The first-order valence-corrected chi connectivity index (χ1v) is 12.3. The molecule has 0 spiro atoms. The lowest BCUT2D eigenvalue weighted by atomic mass is 9.99. The van der Waals surface area contributed by atoms with Gasteiger partial charge in [-0.15, -0.1) is 11.3 Å². The summed E-state index contributed by atoms with van der Waals surface area (Å²) in [6.45, 7) is 6.01. The number of thiophene rings is 1. The average Bonchev–Trinajstić information content (AvgIpc) is 3.40. The normalized spacial score (nSPS) is 22.6. The van der Waals surface area contributed by atoms with Crippen molar-refractivity contribution in [2.75, 3.05) is 36.0 Å². The minimum atomic E-state index is -0.202. The standard InChI is InChI=1S/C25H29N3O2S/c1-18-7-5-15-27(17-18)23-22(21-8-6-16-31-21)24(29)28(25(23)30)20-11-9-19(10-12-20)26-13-3-2-4-14-26/h6,8-12,16,18H,2-5,7,13-15,17H2,1H3. The molecule has 2 amide bonds. The predicted molar refractivity (Wildman–Crippen MR) is 126 cm³/mol. The Bertz CT molecular complexity index is 990. The van der Waals surface area contributed by atoms with E-state index in [0.717, 1.165) is 37.5 Å². The Kier molecular flexibility index (Phi) is 5.57. The number of nitrogens with zero attached hydrogens (tertiary/aromatic N) is 3. The van der Waals surface area contributed by atoms with Crippen LogP contribution in [0.15, 0.2) is 47.5 Å². The number of imide groups is 1. The molecule has 162 valence electrons. The molecule has 0 aliphatic carbocycles. The van der Waals surface area contributed by atoms with E-state index in [2.05, 4.69) is 16.7 Å². The second-order valence-electron chi connectivity index (χ2n) is 8.90. The van der Waals surface area contributed by atoms with Crippen LogP contribution in [-0.2, 0) is 9.59 Å². The number of carbonyl (C=O) groups excluding carboxylic acids is 2. The number of benzene rings is 1. The van der Waals surface area contributed by atoms with Gasteiger partial charge in [0.05, 0.1) is 11.3 Å². The van der Waals surface area contributed by atoms with E-state index >= 15 is 0 Å². The summed E-state index contributed by atoms with van der Waals surface area (Å²) >= 11 is 1.52. The minimum Gasteiger partial charge on any atom is -0.372 e. The number of hydrogen-bond donors (Lipinski definition) is 0. The first-order valence-electron chi connectivity index (χ1n) is 11.4. The second kappa shape index (κ2) is 8.50. The average molecular weight is 436 g/mol. The molecule has 6 heteroatoms. The fourth-order valence-corrected chi connectivity index (χ4v) is 5.81. The van der Waals surface area contributed by atoms with Gasteiger partial charge in [0, 0.05) is 36.7 Å². The second-order valence-corrected chi connectivity index (χ2v) is 9.85. The van der Waals surface area contributed by atoms with Crippen LogP contribution >= 0.6 is 11.3 Å². The molecule has 1 unspecified atom stereocenters. The van der Waals surface area contributed by atoms with Crippen LogP contribution in [0.4, 0.5) is 11.4 Å². The number of carbonyl (C=O) groups is 2. The Labute approximate surface area is 187 Å². The number of amides is 2. The lowest BCUT2D eigenvalue weighted by Gasteiger charge is -2.33. The minimum absolute atomic E-state index is 0.187. The van der Waals surface area contributed by atoms with Crippen LogP contribution in [0.1, 0.15) is 43.9 Å². The summed E-state index contributed by atoms with van der Waals surface area (Å²) in [6, 6.07) is 11.8. The first kappa shape index (κ1) is 20.3. The third-order valence-electron chi connectivity index (χ3n) is 6.63. The smallest absolute Gasteiger partial charge is 0.282 e. The van der Waals surface area contributed by atoms with Crippen LogP contribution in [0.3, 0.4) is 0 Å². The van der Waals surface area contributed by atoms with Gasteiger partial charge in [-0.25, -0.2) is 4.90 Å². The molecular formula is C25H29N3O2S. The monoisotopic (exact) mass is 435 g/mol. The zero-order chi connectivity index (χ0) is 21.4. The van der Waals surface area contributed by atoms with Gasteiger partial charge in [0.15, 0.2) is 0 Å². The van der Waals surface area contributed by atoms with Crippen molar-refractivity contribution >= 4 is 40.1 Å². The highest BCUT2D eigenvalue weighted by atomic mass is 32.1. The molecule has 4 heterocycles. The van der Waals surface area contributed by atoms with Gasteiger partial charge in [-0.05, 0) is 73.7 Å². The van der Waals surface area contributed by atoms with Crippen molar-refractivity contribution in [3.8, 4) is 0 Å². The van der Waals surface area contributed by atoms with E-state index in [9.17, 15) is 9.59 Å². The van der Waals surface area contributed by atoms with Crippen LogP contribution in [0, 0.1) is 5.92 Å². The van der Waals surface area contributed by atoms with E-state index in [1.165, 1.54) is 47.6 Å². The van der Waals surface area contributed by atoms with Gasteiger partial charge >= 0.3 is 0 Å². The summed E-state index contributed by atoms with van der Waals surface area (Å²) in [5, 5.41) is 1.96. The lowest BCUT2D eigenvalue weighted by Crippen LogP contribution is -2.39. The molecule has 5 rings (SSSR count). The fraction of sp³-hybridized carbons (Fsp3) is 0.440. The Morgan fingerprint density at radius 3 is 2.23 bits per heavy atom. The van der Waals surface area contributed by atoms with E-state index in [1.807, 2.05) is 41.8 Å². The van der Waals surface area contributed by atoms with Crippen LogP contribution in [0.2, 0.25) is 0 Å². The van der Waals surface area contributed by atoms with Crippen LogP contribution in [0.25, 0.3) is 5.57 Å². The third-order valence-corrected chi connectivity index (χ3v) is 7.52. The predicted octanol–water partition coefficient (Wildman–Crippen LogP) is 4.75. The maximum Gasteiger partial charge on any atom is 0.282 e. The van der Waals surface area contributed by atoms with Crippen molar-refractivity contribution in [1.82, 2.24) is 4.90 Å². The quantitative estimate of drug-likeness (QED) is 0.650. The molecule has 0 saturated carbocycles. The SMILES string of the molecule is CC1CCCN(C2=C(c3cccs3)C(=O)N(c3ccc(N4CCCCC4)cc3)C2=O)C1. The molecule has 1 aromatic heterocycles. The van der Waals surface area contributed by atoms with E-state index in [4.69, 9.17) is 0 Å². The topological polar surface area (TPSA) is 43.9 Å². The van der Waals surface area contributed by atoms with E-state index in [1.54, 1.807) is 0 Å². The Balaban J connectivity index is 1.47. The molecule has 31 heavy (non-hydrogen) atoms. The maximum absolute atomic E-state index is 13.6. The van der Waals surface area contributed by atoms with Crippen molar-refractivity contribution in [2.24, 2.45) is 5.92 Å². The molecule has 2 saturated heterocycles. The van der Waals surface area contributed by atoms with Crippen LogP contribution in [0.5, 0.6) is 0 Å². The highest BCUT2D eigenvalue weighted by molar-refractivity contribution is 7.11. The molecule has 0 N–H and O–H groups in total. The summed E-state index contributed by atoms with van der Waals surface area (Å²) in [4.78, 5) is 33.9. The summed E-state index contributed by atoms with van der Waals surface area (Å²) in [5.74, 6) is 0.131.